The van der Waals surface area contributed by atoms with Gasteiger partial charge in [-0.3, -0.25) is 4.98 Å². The molecule has 0 unspecified atom stereocenters. The van der Waals surface area contributed by atoms with Gasteiger partial charge in [0.2, 0.25) is 0 Å². The summed E-state index contributed by atoms with van der Waals surface area (Å²) in [5.41, 5.74) is 0.596. The van der Waals surface area contributed by atoms with Gasteiger partial charge in [0, 0.05) is 24.7 Å². The van der Waals surface area contributed by atoms with E-state index in [0.29, 0.717) is 11.5 Å². The third kappa shape index (κ3) is 2.12. The lowest BCUT2D eigenvalue weighted by atomic mass is 9.82. The summed E-state index contributed by atoms with van der Waals surface area (Å²) in [6.45, 7) is 9.82. The molecule has 3 heterocycles. The fraction of sp³-hybridized carbons (Fsp3) is 0.643. The third-order valence-corrected chi connectivity index (χ3v) is 4.60. The largest absolute Gasteiger partial charge is 0.518 e. The average Bonchev–Trinajstić information content (AvgIpc) is 2.48. The Bertz CT molecular complexity index is 513. The van der Waals surface area contributed by atoms with Crippen molar-refractivity contribution in [1.82, 2.24) is 10.3 Å². The minimum atomic E-state index is -0.618. The summed E-state index contributed by atoms with van der Waals surface area (Å²) in [6, 6.07) is 3.55. The Labute approximate surface area is 119 Å². The van der Waals surface area contributed by atoms with E-state index in [1.807, 2.05) is 33.8 Å². The zero-order chi connectivity index (χ0) is 14.5. The van der Waals surface area contributed by atoms with Crippen LogP contribution >= 0.6 is 0 Å². The van der Waals surface area contributed by atoms with E-state index >= 15 is 0 Å². The zero-order valence-corrected chi connectivity index (χ0v) is 12.4. The fourth-order valence-corrected chi connectivity index (χ4v) is 2.34. The van der Waals surface area contributed by atoms with Crippen LogP contribution in [0.2, 0.25) is 0 Å². The van der Waals surface area contributed by atoms with E-state index in [4.69, 9.17) is 9.31 Å². The molecule has 0 radical (unpaired) electrons. The molecule has 0 spiro atoms. The summed E-state index contributed by atoms with van der Waals surface area (Å²) in [5, 5.41) is 13.3. The second kappa shape index (κ2) is 4.45. The smallest absolute Gasteiger partial charge is 0.507 e. The molecule has 1 aromatic rings. The first kappa shape index (κ1) is 13.9. The Morgan fingerprint density at radius 1 is 1.20 bits per heavy atom. The molecule has 3 rings (SSSR count). The van der Waals surface area contributed by atoms with Crippen LogP contribution in [0.1, 0.15) is 39.3 Å². The maximum Gasteiger partial charge on any atom is 0.518 e. The molecule has 0 bridgehead atoms. The summed E-state index contributed by atoms with van der Waals surface area (Å²) in [5.74, 6) is 0.538. The zero-order valence-electron chi connectivity index (χ0n) is 12.4. The van der Waals surface area contributed by atoms with Gasteiger partial charge >= 0.3 is 7.12 Å². The summed E-state index contributed by atoms with van der Waals surface area (Å²) < 4.78 is 11.9. The van der Waals surface area contributed by atoms with Crippen molar-refractivity contribution < 1.29 is 14.4 Å². The number of hydrogen-bond acceptors (Lipinski definition) is 5. The van der Waals surface area contributed by atoms with Gasteiger partial charge in [-0.15, -0.1) is 0 Å². The highest BCUT2D eigenvalue weighted by atomic mass is 16.7. The van der Waals surface area contributed by atoms with E-state index in [1.165, 1.54) is 0 Å². The summed E-state index contributed by atoms with van der Waals surface area (Å²) >= 11 is 0. The average molecular weight is 276 g/mol. The monoisotopic (exact) mass is 276 g/mol. The minimum absolute atomic E-state index is 0.125. The molecule has 0 saturated carbocycles. The van der Waals surface area contributed by atoms with E-state index in [2.05, 4.69) is 10.3 Å². The highest BCUT2D eigenvalue weighted by molar-refractivity contribution is 6.62. The second-order valence-electron chi connectivity index (χ2n) is 6.58. The molecule has 0 aliphatic carbocycles. The SMILES string of the molecule is CC1(C)OB(c2nc(C3CNC3)ccc2O)OC1(C)C. The lowest BCUT2D eigenvalue weighted by Gasteiger charge is -2.32. The van der Waals surface area contributed by atoms with Crippen molar-refractivity contribution in [2.45, 2.75) is 44.8 Å². The molecule has 5 nitrogen and oxygen atoms in total. The van der Waals surface area contributed by atoms with Crippen LogP contribution in [0.25, 0.3) is 0 Å². The van der Waals surface area contributed by atoms with E-state index < -0.39 is 18.3 Å². The number of rotatable bonds is 2. The Balaban J connectivity index is 1.90. The predicted molar refractivity (Wildman–Crippen MR) is 77.2 cm³/mol. The maximum absolute atomic E-state index is 10.1. The van der Waals surface area contributed by atoms with Gasteiger partial charge in [-0.1, -0.05) is 0 Å². The van der Waals surface area contributed by atoms with Crippen LogP contribution in [0.3, 0.4) is 0 Å². The van der Waals surface area contributed by atoms with Crippen molar-refractivity contribution in [2.75, 3.05) is 13.1 Å². The molecule has 20 heavy (non-hydrogen) atoms. The van der Waals surface area contributed by atoms with Crippen molar-refractivity contribution in [3.63, 3.8) is 0 Å². The summed E-state index contributed by atoms with van der Waals surface area (Å²) in [4.78, 5) is 4.57. The Kier molecular flexibility index (Phi) is 3.08. The minimum Gasteiger partial charge on any atom is -0.507 e. The van der Waals surface area contributed by atoms with Crippen LogP contribution in [-0.4, -0.2) is 41.5 Å². The molecule has 1 aromatic heterocycles. The lowest BCUT2D eigenvalue weighted by Crippen LogP contribution is -2.43. The number of aromatic nitrogens is 1. The van der Waals surface area contributed by atoms with E-state index in [1.54, 1.807) is 6.07 Å². The van der Waals surface area contributed by atoms with Gasteiger partial charge in [0.05, 0.1) is 11.2 Å². The predicted octanol–water partition coefficient (Wildman–Crippen LogP) is 0.773. The van der Waals surface area contributed by atoms with Gasteiger partial charge in [0.25, 0.3) is 0 Å². The summed E-state index contributed by atoms with van der Waals surface area (Å²) in [6.07, 6.45) is 0. The quantitative estimate of drug-likeness (QED) is 0.781. The van der Waals surface area contributed by atoms with Crippen molar-refractivity contribution in [2.24, 2.45) is 0 Å². The molecular weight excluding hydrogens is 255 g/mol. The molecule has 2 aliphatic rings. The third-order valence-electron chi connectivity index (χ3n) is 4.60. The standard InChI is InChI=1S/C14H21BN2O3/c1-13(2)14(3,4)20-15(19-13)12-11(18)6-5-10(17-12)9-7-16-8-9/h5-6,9,16,18H,7-8H2,1-4H3. The van der Waals surface area contributed by atoms with Crippen LogP contribution < -0.4 is 10.9 Å². The van der Waals surface area contributed by atoms with Gasteiger partial charge < -0.3 is 19.7 Å². The Hall–Kier alpha value is -1.11. The molecular formula is C14H21BN2O3. The lowest BCUT2D eigenvalue weighted by molar-refractivity contribution is 0.00578. The number of aromatic hydroxyl groups is 1. The molecule has 2 saturated heterocycles. The molecule has 2 aliphatic heterocycles. The van der Waals surface area contributed by atoms with Gasteiger partial charge in [0.15, 0.2) is 0 Å². The summed E-state index contributed by atoms with van der Waals surface area (Å²) in [7, 11) is -0.618. The first-order chi connectivity index (χ1) is 9.30. The first-order valence-electron chi connectivity index (χ1n) is 7.06. The van der Waals surface area contributed by atoms with E-state index in [0.717, 1.165) is 18.8 Å². The Morgan fingerprint density at radius 3 is 2.30 bits per heavy atom. The Morgan fingerprint density at radius 2 is 1.80 bits per heavy atom. The number of hydrogen-bond donors (Lipinski definition) is 2. The topological polar surface area (TPSA) is 63.6 Å². The van der Waals surface area contributed by atoms with Crippen LogP contribution in [0.5, 0.6) is 5.75 Å². The van der Waals surface area contributed by atoms with Gasteiger partial charge in [-0.25, -0.2) is 0 Å². The van der Waals surface area contributed by atoms with Gasteiger partial charge in [-0.05, 0) is 39.8 Å². The normalized spacial score (nSPS) is 24.7. The molecule has 108 valence electrons. The molecule has 2 N–H and O–H groups in total. The van der Waals surface area contributed by atoms with Crippen molar-refractivity contribution >= 4 is 12.7 Å². The fourth-order valence-electron chi connectivity index (χ4n) is 2.34. The van der Waals surface area contributed by atoms with Crippen LogP contribution in [0.4, 0.5) is 0 Å². The van der Waals surface area contributed by atoms with Crippen molar-refractivity contribution in [1.29, 1.82) is 0 Å². The van der Waals surface area contributed by atoms with Crippen molar-refractivity contribution in [3.05, 3.63) is 17.8 Å². The molecule has 6 heteroatoms. The van der Waals surface area contributed by atoms with Crippen LogP contribution in [0.15, 0.2) is 12.1 Å². The molecule has 0 aromatic carbocycles. The number of pyridine rings is 1. The number of nitrogens with zero attached hydrogens (tertiary/aromatic N) is 1. The molecule has 0 amide bonds. The van der Waals surface area contributed by atoms with Crippen LogP contribution in [-0.2, 0) is 9.31 Å². The molecule has 0 atom stereocenters. The van der Waals surface area contributed by atoms with Crippen molar-refractivity contribution in [3.8, 4) is 5.75 Å². The number of nitrogens with one attached hydrogen (secondary N) is 1. The van der Waals surface area contributed by atoms with E-state index in [9.17, 15) is 5.11 Å². The van der Waals surface area contributed by atoms with E-state index in [-0.39, 0.29) is 5.75 Å². The van der Waals surface area contributed by atoms with Gasteiger partial charge in [0.1, 0.15) is 11.3 Å². The van der Waals surface area contributed by atoms with Gasteiger partial charge in [-0.2, -0.15) is 0 Å². The maximum atomic E-state index is 10.1. The highest BCUT2D eigenvalue weighted by Gasteiger charge is 2.53. The first-order valence-corrected chi connectivity index (χ1v) is 7.06. The van der Waals surface area contributed by atoms with Crippen LogP contribution in [0, 0.1) is 0 Å². The molecule has 2 fully saturated rings. The highest BCUT2D eigenvalue weighted by Crippen LogP contribution is 2.37. The second-order valence-corrected chi connectivity index (χ2v) is 6.58.